The largest absolute Gasteiger partial charge is 0.369 e. The number of benzene rings is 1. The Morgan fingerprint density at radius 1 is 1.11 bits per heavy atom. The molecular weight excluding hydrogens is 234 g/mol. The van der Waals surface area contributed by atoms with Crippen molar-refractivity contribution in [3.63, 3.8) is 0 Å². The van der Waals surface area contributed by atoms with E-state index in [2.05, 4.69) is 59.5 Å². The molecule has 0 aliphatic rings. The Balaban J connectivity index is 1.97. The zero-order valence-corrected chi connectivity index (χ0v) is 11.6. The van der Waals surface area contributed by atoms with Gasteiger partial charge in [-0.3, -0.25) is 4.98 Å². The van der Waals surface area contributed by atoms with Crippen LogP contribution in [0.3, 0.4) is 0 Å². The van der Waals surface area contributed by atoms with Crippen LogP contribution in [0, 0.1) is 0 Å². The number of nitrogens with zero attached hydrogens (tertiary/aromatic N) is 2. The number of anilines is 1. The molecule has 100 valence electrons. The van der Waals surface area contributed by atoms with Crippen LogP contribution in [0.5, 0.6) is 0 Å². The van der Waals surface area contributed by atoms with E-state index in [1.54, 1.807) is 0 Å². The van der Waals surface area contributed by atoms with Crippen LogP contribution in [0.15, 0.2) is 48.7 Å². The van der Waals surface area contributed by atoms with Gasteiger partial charge in [-0.15, -0.1) is 0 Å². The lowest BCUT2D eigenvalue weighted by Crippen LogP contribution is -2.17. The zero-order valence-electron chi connectivity index (χ0n) is 11.6. The fourth-order valence-electron chi connectivity index (χ4n) is 1.96. The number of nitrogens with one attached hydrogen (secondary N) is 1. The lowest BCUT2D eigenvalue weighted by molar-refractivity contribution is 0.726. The average molecular weight is 255 g/mol. The van der Waals surface area contributed by atoms with Crippen LogP contribution in [0.1, 0.15) is 18.2 Å². The maximum Gasteiger partial charge on any atom is 0.0598 e. The molecule has 0 atom stereocenters. The van der Waals surface area contributed by atoms with Crippen LogP contribution in [0.4, 0.5) is 5.69 Å². The minimum atomic E-state index is 0.827. The summed E-state index contributed by atoms with van der Waals surface area (Å²) in [5.74, 6) is 0. The molecular formula is C16H21N3. The van der Waals surface area contributed by atoms with Gasteiger partial charge in [0.15, 0.2) is 0 Å². The Labute approximate surface area is 115 Å². The van der Waals surface area contributed by atoms with Gasteiger partial charge in [0, 0.05) is 25.5 Å². The van der Waals surface area contributed by atoms with Gasteiger partial charge in [-0.05, 0) is 36.4 Å². The van der Waals surface area contributed by atoms with E-state index < -0.39 is 0 Å². The normalized spacial score (nSPS) is 10.4. The van der Waals surface area contributed by atoms with E-state index in [0.717, 1.165) is 25.3 Å². The molecule has 0 radical (unpaired) electrons. The molecule has 0 saturated heterocycles. The molecule has 1 aromatic carbocycles. The average Bonchev–Trinajstić information content (AvgIpc) is 2.46. The van der Waals surface area contributed by atoms with Crippen molar-refractivity contribution in [3.05, 3.63) is 59.9 Å². The SMILES string of the molecule is CCNCc1ccc(N(C)Cc2ccccn2)cc1. The van der Waals surface area contributed by atoms with Crippen molar-refractivity contribution in [1.29, 1.82) is 0 Å². The highest BCUT2D eigenvalue weighted by Gasteiger charge is 2.02. The first kappa shape index (κ1) is 13.6. The first-order valence-corrected chi connectivity index (χ1v) is 6.70. The van der Waals surface area contributed by atoms with Gasteiger partial charge in [0.2, 0.25) is 0 Å². The van der Waals surface area contributed by atoms with E-state index in [9.17, 15) is 0 Å². The highest BCUT2D eigenvalue weighted by atomic mass is 15.1. The third-order valence-electron chi connectivity index (χ3n) is 3.08. The van der Waals surface area contributed by atoms with Crippen LogP contribution in [0.25, 0.3) is 0 Å². The van der Waals surface area contributed by atoms with Gasteiger partial charge in [0.05, 0.1) is 12.2 Å². The quantitative estimate of drug-likeness (QED) is 0.860. The van der Waals surface area contributed by atoms with Crippen LogP contribution in [-0.2, 0) is 13.1 Å². The fourth-order valence-corrected chi connectivity index (χ4v) is 1.96. The predicted octanol–water partition coefficient (Wildman–Crippen LogP) is 2.83. The summed E-state index contributed by atoms with van der Waals surface area (Å²) in [7, 11) is 2.09. The molecule has 1 heterocycles. The topological polar surface area (TPSA) is 28.2 Å². The van der Waals surface area contributed by atoms with Gasteiger partial charge in [0.25, 0.3) is 0 Å². The lowest BCUT2D eigenvalue weighted by Gasteiger charge is -2.19. The molecule has 0 bridgehead atoms. The monoisotopic (exact) mass is 255 g/mol. The Bertz CT molecular complexity index is 479. The van der Waals surface area contributed by atoms with Crippen LogP contribution in [0.2, 0.25) is 0 Å². The standard InChI is InChI=1S/C16H21N3/c1-3-17-12-14-7-9-16(10-8-14)19(2)13-15-6-4-5-11-18-15/h4-11,17H,3,12-13H2,1-2H3. The summed E-state index contributed by atoms with van der Waals surface area (Å²) in [4.78, 5) is 6.56. The van der Waals surface area contributed by atoms with Crippen molar-refractivity contribution in [2.75, 3.05) is 18.5 Å². The molecule has 1 aromatic heterocycles. The molecule has 0 aliphatic carbocycles. The Morgan fingerprint density at radius 2 is 1.89 bits per heavy atom. The second kappa shape index (κ2) is 6.90. The number of rotatable bonds is 6. The molecule has 0 saturated carbocycles. The Hall–Kier alpha value is -1.87. The predicted molar refractivity (Wildman–Crippen MR) is 80.2 cm³/mol. The molecule has 0 unspecified atom stereocenters. The summed E-state index contributed by atoms with van der Waals surface area (Å²) in [5, 5.41) is 3.33. The third-order valence-corrected chi connectivity index (χ3v) is 3.08. The summed E-state index contributed by atoms with van der Waals surface area (Å²) in [6.07, 6.45) is 1.84. The van der Waals surface area contributed by atoms with Crippen LogP contribution < -0.4 is 10.2 Å². The molecule has 0 aliphatic heterocycles. The van der Waals surface area contributed by atoms with E-state index in [0.29, 0.717) is 0 Å². The summed E-state index contributed by atoms with van der Waals surface area (Å²) in [5.41, 5.74) is 3.62. The van der Waals surface area contributed by atoms with Crippen molar-refractivity contribution in [3.8, 4) is 0 Å². The summed E-state index contributed by atoms with van der Waals surface area (Å²) in [6, 6.07) is 14.7. The number of pyridine rings is 1. The molecule has 2 aromatic rings. The van der Waals surface area contributed by atoms with E-state index in [1.165, 1.54) is 11.3 Å². The molecule has 3 heteroatoms. The zero-order chi connectivity index (χ0) is 13.5. The van der Waals surface area contributed by atoms with Gasteiger partial charge in [-0.1, -0.05) is 25.1 Å². The number of aromatic nitrogens is 1. The molecule has 3 nitrogen and oxygen atoms in total. The summed E-state index contributed by atoms with van der Waals surface area (Å²) in [6.45, 7) is 4.88. The first-order valence-electron chi connectivity index (χ1n) is 6.70. The van der Waals surface area contributed by atoms with Crippen LogP contribution in [-0.4, -0.2) is 18.6 Å². The van der Waals surface area contributed by atoms with E-state index >= 15 is 0 Å². The minimum absolute atomic E-state index is 0.827. The summed E-state index contributed by atoms with van der Waals surface area (Å²) >= 11 is 0. The molecule has 0 amide bonds. The van der Waals surface area contributed by atoms with Gasteiger partial charge in [-0.2, -0.15) is 0 Å². The van der Waals surface area contributed by atoms with Crippen molar-refractivity contribution in [2.24, 2.45) is 0 Å². The van der Waals surface area contributed by atoms with Crippen molar-refractivity contribution < 1.29 is 0 Å². The smallest absolute Gasteiger partial charge is 0.0598 e. The molecule has 2 rings (SSSR count). The minimum Gasteiger partial charge on any atom is -0.369 e. The van der Waals surface area contributed by atoms with Crippen molar-refractivity contribution in [2.45, 2.75) is 20.0 Å². The fraction of sp³-hybridized carbons (Fsp3) is 0.312. The highest BCUT2D eigenvalue weighted by molar-refractivity contribution is 5.47. The van der Waals surface area contributed by atoms with Crippen molar-refractivity contribution >= 4 is 5.69 Å². The first-order chi connectivity index (χ1) is 9.29. The molecule has 19 heavy (non-hydrogen) atoms. The van der Waals surface area contributed by atoms with Gasteiger partial charge < -0.3 is 10.2 Å². The maximum atomic E-state index is 4.35. The van der Waals surface area contributed by atoms with E-state index in [1.807, 2.05) is 18.3 Å². The second-order valence-electron chi connectivity index (χ2n) is 4.62. The summed E-state index contributed by atoms with van der Waals surface area (Å²) < 4.78 is 0. The molecule has 0 spiro atoms. The second-order valence-corrected chi connectivity index (χ2v) is 4.62. The lowest BCUT2D eigenvalue weighted by atomic mass is 10.2. The van der Waals surface area contributed by atoms with Gasteiger partial charge in [0.1, 0.15) is 0 Å². The van der Waals surface area contributed by atoms with E-state index in [-0.39, 0.29) is 0 Å². The van der Waals surface area contributed by atoms with E-state index in [4.69, 9.17) is 0 Å². The maximum absolute atomic E-state index is 4.35. The van der Waals surface area contributed by atoms with Crippen LogP contribution >= 0.6 is 0 Å². The number of hydrogen-bond acceptors (Lipinski definition) is 3. The Morgan fingerprint density at radius 3 is 2.53 bits per heavy atom. The highest BCUT2D eigenvalue weighted by Crippen LogP contribution is 2.15. The van der Waals surface area contributed by atoms with Crippen molar-refractivity contribution in [1.82, 2.24) is 10.3 Å². The number of hydrogen-bond donors (Lipinski definition) is 1. The Kier molecular flexibility index (Phi) is 4.93. The third kappa shape index (κ3) is 4.07. The molecule has 0 fully saturated rings. The van der Waals surface area contributed by atoms with Gasteiger partial charge >= 0.3 is 0 Å². The van der Waals surface area contributed by atoms with Gasteiger partial charge in [-0.25, -0.2) is 0 Å². The molecule has 1 N–H and O–H groups in total.